The Hall–Kier alpha value is -2.50. The zero-order valence-electron chi connectivity index (χ0n) is 14.0. The lowest BCUT2D eigenvalue weighted by molar-refractivity contribution is -0.138. The zero-order chi connectivity index (χ0) is 18.5. The van der Waals surface area contributed by atoms with Crippen molar-refractivity contribution >= 4 is 46.1 Å². The topological polar surface area (TPSA) is 58.9 Å². The van der Waals surface area contributed by atoms with Gasteiger partial charge in [-0.1, -0.05) is 59.8 Å². The summed E-state index contributed by atoms with van der Waals surface area (Å²) in [5.74, 6) is -0.729. The van der Waals surface area contributed by atoms with Gasteiger partial charge in [0.25, 0.3) is 0 Å². The van der Waals surface area contributed by atoms with Gasteiger partial charge in [-0.15, -0.1) is 0 Å². The number of aliphatic hydroxyl groups excluding tert-OH is 1. The molecule has 2 aromatic carbocycles. The molecule has 132 valence electrons. The van der Waals surface area contributed by atoms with E-state index in [1.165, 1.54) is 11.8 Å². The maximum atomic E-state index is 12.3. The fourth-order valence-electron chi connectivity index (χ4n) is 2.36. The van der Waals surface area contributed by atoms with Gasteiger partial charge >= 0.3 is 5.97 Å². The maximum absolute atomic E-state index is 12.3. The number of thioether (sulfide) groups is 1. The normalized spacial score (nSPS) is 17.2. The van der Waals surface area contributed by atoms with E-state index in [0.29, 0.717) is 20.7 Å². The van der Waals surface area contributed by atoms with Crippen LogP contribution < -0.4 is 0 Å². The van der Waals surface area contributed by atoms with Crippen molar-refractivity contribution in [2.24, 2.45) is 4.99 Å². The van der Waals surface area contributed by atoms with E-state index >= 15 is 0 Å². The molecular weight excluding hydrogens is 370 g/mol. The predicted molar refractivity (Wildman–Crippen MR) is 107 cm³/mol. The highest BCUT2D eigenvalue weighted by Crippen LogP contribution is 2.40. The van der Waals surface area contributed by atoms with Crippen molar-refractivity contribution in [2.75, 3.05) is 6.61 Å². The minimum absolute atomic E-state index is 0.0685. The quantitative estimate of drug-likeness (QED) is 0.702. The molecule has 1 N–H and O–H groups in total. The van der Waals surface area contributed by atoms with Crippen LogP contribution in [0, 0.1) is 0 Å². The van der Waals surface area contributed by atoms with E-state index < -0.39 is 5.97 Å². The van der Waals surface area contributed by atoms with Crippen LogP contribution in [0.5, 0.6) is 0 Å². The van der Waals surface area contributed by atoms with Crippen LogP contribution >= 0.6 is 23.4 Å². The van der Waals surface area contributed by atoms with Crippen LogP contribution in [0.2, 0.25) is 5.02 Å². The van der Waals surface area contributed by atoms with Crippen LogP contribution in [-0.4, -0.2) is 22.7 Å². The number of hydrogen-bond acceptors (Lipinski definition) is 5. The van der Waals surface area contributed by atoms with Gasteiger partial charge in [-0.05, 0) is 36.8 Å². The van der Waals surface area contributed by atoms with E-state index in [-0.39, 0.29) is 17.9 Å². The van der Waals surface area contributed by atoms with Crippen LogP contribution in [0.25, 0.3) is 6.08 Å². The summed E-state index contributed by atoms with van der Waals surface area (Å²) in [5.41, 5.74) is 1.57. The van der Waals surface area contributed by atoms with E-state index in [1.807, 2.05) is 30.3 Å². The molecule has 1 aliphatic heterocycles. The van der Waals surface area contributed by atoms with Gasteiger partial charge in [-0.3, -0.25) is 0 Å². The second-order valence-electron chi connectivity index (χ2n) is 5.36. The molecule has 1 aliphatic rings. The minimum Gasteiger partial charge on any atom is -0.506 e. The molecule has 0 saturated carbocycles. The number of aliphatic imine (C=N–C) groups is 1. The van der Waals surface area contributed by atoms with Crippen molar-refractivity contribution in [3.8, 4) is 0 Å². The van der Waals surface area contributed by atoms with E-state index in [9.17, 15) is 9.90 Å². The van der Waals surface area contributed by atoms with Crippen molar-refractivity contribution in [2.45, 2.75) is 6.92 Å². The number of rotatable bonds is 4. The first-order chi connectivity index (χ1) is 12.6. The molecule has 3 rings (SSSR count). The Morgan fingerprint density at radius 1 is 1.23 bits per heavy atom. The lowest BCUT2D eigenvalue weighted by Gasteiger charge is -2.04. The molecule has 0 amide bonds. The van der Waals surface area contributed by atoms with E-state index in [1.54, 1.807) is 37.3 Å². The third-order valence-corrected chi connectivity index (χ3v) is 4.76. The van der Waals surface area contributed by atoms with Crippen molar-refractivity contribution in [3.63, 3.8) is 0 Å². The number of esters is 1. The fraction of sp³-hybridized carbons (Fsp3) is 0.100. The molecule has 0 bridgehead atoms. The third kappa shape index (κ3) is 4.18. The van der Waals surface area contributed by atoms with Gasteiger partial charge in [-0.2, -0.15) is 0 Å². The average Bonchev–Trinajstić information content (AvgIpc) is 2.91. The first-order valence-electron chi connectivity index (χ1n) is 7.98. The Morgan fingerprint density at radius 2 is 2.00 bits per heavy atom. The van der Waals surface area contributed by atoms with Crippen molar-refractivity contribution in [1.29, 1.82) is 0 Å². The number of carbonyl (C=O) groups is 1. The summed E-state index contributed by atoms with van der Waals surface area (Å²) < 4.78 is 5.08. The van der Waals surface area contributed by atoms with Gasteiger partial charge in [0.1, 0.15) is 16.4 Å². The van der Waals surface area contributed by atoms with Crippen molar-refractivity contribution < 1.29 is 14.6 Å². The Morgan fingerprint density at radius 3 is 2.69 bits per heavy atom. The van der Waals surface area contributed by atoms with Crippen LogP contribution in [0.3, 0.4) is 0 Å². The van der Waals surface area contributed by atoms with Crippen molar-refractivity contribution in [1.82, 2.24) is 0 Å². The number of hydrogen-bond donors (Lipinski definition) is 1. The smallest absolute Gasteiger partial charge is 0.344 e. The lowest BCUT2D eigenvalue weighted by Crippen LogP contribution is -2.12. The molecule has 0 atom stereocenters. The maximum Gasteiger partial charge on any atom is 0.344 e. The number of carbonyl (C=O) groups excluding carboxylic acids is 1. The predicted octanol–water partition coefficient (Wildman–Crippen LogP) is 5.53. The SMILES string of the molecule is CCOC(=O)C1=C(O)C(=Cc2ccccc2)SC1=Nc1cccc(Cl)c1. The second kappa shape index (κ2) is 8.25. The molecule has 0 radical (unpaired) electrons. The first kappa shape index (κ1) is 18.3. The van der Waals surface area contributed by atoms with Crippen LogP contribution in [0.1, 0.15) is 12.5 Å². The van der Waals surface area contributed by atoms with E-state index in [0.717, 1.165) is 5.56 Å². The summed E-state index contributed by atoms with van der Waals surface area (Å²) in [7, 11) is 0. The number of halogens is 1. The van der Waals surface area contributed by atoms with Crippen LogP contribution in [-0.2, 0) is 9.53 Å². The standard InChI is InChI=1S/C20H16ClNO3S/c1-2-25-20(24)17-18(23)16(11-13-7-4-3-5-8-13)26-19(17)22-15-10-6-9-14(21)12-15/h3-12,23H,2H2,1H3. The number of ether oxygens (including phenoxy) is 1. The Bertz CT molecular complexity index is 920. The number of aliphatic hydroxyl groups is 1. The van der Waals surface area contributed by atoms with E-state index in [4.69, 9.17) is 16.3 Å². The molecule has 4 nitrogen and oxygen atoms in total. The highest BCUT2D eigenvalue weighted by Gasteiger charge is 2.33. The molecule has 0 unspecified atom stereocenters. The van der Waals surface area contributed by atoms with Crippen LogP contribution in [0.15, 0.2) is 75.8 Å². The Balaban J connectivity index is 2.04. The summed E-state index contributed by atoms with van der Waals surface area (Å²) in [5, 5.41) is 11.5. The fourth-order valence-corrected chi connectivity index (χ4v) is 3.58. The van der Waals surface area contributed by atoms with Gasteiger partial charge in [-0.25, -0.2) is 9.79 Å². The molecule has 6 heteroatoms. The largest absolute Gasteiger partial charge is 0.506 e. The van der Waals surface area contributed by atoms with E-state index in [2.05, 4.69) is 4.99 Å². The van der Waals surface area contributed by atoms with Gasteiger partial charge in [0.15, 0.2) is 0 Å². The van der Waals surface area contributed by atoms with Gasteiger partial charge in [0.2, 0.25) is 0 Å². The molecular formula is C20H16ClNO3S. The Kier molecular flexibility index (Phi) is 5.81. The monoisotopic (exact) mass is 385 g/mol. The number of benzene rings is 2. The third-order valence-electron chi connectivity index (χ3n) is 3.51. The van der Waals surface area contributed by atoms with Crippen LogP contribution in [0.4, 0.5) is 5.69 Å². The van der Waals surface area contributed by atoms with Gasteiger partial charge in [0.05, 0.1) is 17.2 Å². The molecule has 0 aromatic heterocycles. The summed E-state index contributed by atoms with van der Waals surface area (Å²) >= 11 is 7.22. The minimum atomic E-state index is -0.602. The number of nitrogens with zero attached hydrogens (tertiary/aromatic N) is 1. The first-order valence-corrected chi connectivity index (χ1v) is 9.18. The zero-order valence-corrected chi connectivity index (χ0v) is 15.6. The molecule has 1 heterocycles. The highest BCUT2D eigenvalue weighted by atomic mass is 35.5. The highest BCUT2D eigenvalue weighted by molar-refractivity contribution is 8.18. The Labute approximate surface area is 160 Å². The molecule has 0 saturated heterocycles. The summed E-state index contributed by atoms with van der Waals surface area (Å²) in [6.07, 6.45) is 1.81. The molecule has 0 fully saturated rings. The summed E-state index contributed by atoms with van der Waals surface area (Å²) in [4.78, 5) is 17.4. The molecule has 26 heavy (non-hydrogen) atoms. The average molecular weight is 386 g/mol. The summed E-state index contributed by atoms with van der Waals surface area (Å²) in [6, 6.07) is 16.5. The second-order valence-corrected chi connectivity index (χ2v) is 6.83. The molecule has 2 aromatic rings. The molecule has 0 spiro atoms. The summed E-state index contributed by atoms with van der Waals surface area (Å²) in [6.45, 7) is 1.93. The molecule has 0 aliphatic carbocycles. The van der Waals surface area contributed by atoms with Gasteiger partial charge < -0.3 is 9.84 Å². The van der Waals surface area contributed by atoms with Crippen molar-refractivity contribution in [3.05, 3.63) is 81.4 Å². The lowest BCUT2D eigenvalue weighted by atomic mass is 10.1. The van der Waals surface area contributed by atoms with Gasteiger partial charge in [0, 0.05) is 5.02 Å².